The Labute approximate surface area is 297 Å². The van der Waals surface area contributed by atoms with Gasteiger partial charge in [0.25, 0.3) is 5.91 Å². The lowest BCUT2D eigenvalue weighted by Gasteiger charge is -2.42. The molecule has 0 spiro atoms. The number of nitrogens with one attached hydrogen (secondary N) is 2. The van der Waals surface area contributed by atoms with Crippen LogP contribution in [0.2, 0.25) is 5.02 Å². The molecule has 5 heterocycles. The molecule has 3 aromatic rings. The normalized spacial score (nSPS) is 20.7. The van der Waals surface area contributed by atoms with Gasteiger partial charge >= 0.3 is 12.1 Å². The van der Waals surface area contributed by atoms with Crippen molar-refractivity contribution < 1.29 is 23.9 Å². The first-order valence-electron chi connectivity index (χ1n) is 17.8. The number of H-pyrrole nitrogens is 1. The fraction of sp³-hybridized carbons (Fsp3) is 0.556. The number of piperidine rings is 2. The molecule has 13 nitrogen and oxygen atoms in total. The van der Waals surface area contributed by atoms with Crippen LogP contribution in [0.3, 0.4) is 0 Å². The number of hydrogen-bond donors (Lipinski definition) is 2. The van der Waals surface area contributed by atoms with Gasteiger partial charge in [-0.15, -0.1) is 0 Å². The Morgan fingerprint density at radius 1 is 0.940 bits per heavy atom. The number of benzene rings is 2. The third-order valence-electron chi connectivity index (χ3n) is 10.9. The summed E-state index contributed by atoms with van der Waals surface area (Å²) >= 11 is 6.55. The van der Waals surface area contributed by atoms with Crippen LogP contribution >= 0.6 is 11.6 Å². The van der Waals surface area contributed by atoms with E-state index in [1.54, 1.807) is 24.3 Å². The molecule has 2 N–H and O–H groups in total. The highest BCUT2D eigenvalue weighted by Crippen LogP contribution is 2.29. The average molecular weight is 707 g/mol. The van der Waals surface area contributed by atoms with Gasteiger partial charge in [-0.2, -0.15) is 5.10 Å². The van der Waals surface area contributed by atoms with Gasteiger partial charge in [-0.1, -0.05) is 11.6 Å². The minimum Gasteiger partial charge on any atom is -0.497 e. The smallest absolute Gasteiger partial charge is 0.410 e. The number of likely N-dealkylation sites (tertiary alicyclic amines) is 2. The van der Waals surface area contributed by atoms with Crippen molar-refractivity contribution >= 4 is 46.2 Å². The summed E-state index contributed by atoms with van der Waals surface area (Å²) in [6.45, 7) is 6.44. The molecule has 4 amide bonds. The molecule has 3 fully saturated rings. The van der Waals surface area contributed by atoms with Crippen LogP contribution in [0.25, 0.3) is 10.9 Å². The van der Waals surface area contributed by atoms with Gasteiger partial charge in [-0.05, 0) is 93.7 Å². The molecule has 0 unspecified atom stereocenters. The van der Waals surface area contributed by atoms with Crippen LogP contribution in [0, 0.1) is 0 Å². The summed E-state index contributed by atoms with van der Waals surface area (Å²) in [4.78, 5) is 51.3. The average Bonchev–Trinajstić information content (AvgIpc) is 3.55. The lowest BCUT2D eigenvalue weighted by Crippen LogP contribution is -2.56. The van der Waals surface area contributed by atoms with Crippen LogP contribution in [0.15, 0.2) is 36.5 Å². The molecule has 4 aliphatic rings. The van der Waals surface area contributed by atoms with Gasteiger partial charge in [0.15, 0.2) is 6.10 Å². The van der Waals surface area contributed by atoms with Gasteiger partial charge in [-0.3, -0.25) is 14.8 Å². The number of halogens is 1. The second-order valence-electron chi connectivity index (χ2n) is 14.0. The van der Waals surface area contributed by atoms with Gasteiger partial charge in [0.05, 0.1) is 23.8 Å². The number of carbonyl (C=O) groups excluding carboxylic acids is 3. The molecule has 0 radical (unpaired) electrons. The Morgan fingerprint density at radius 3 is 2.42 bits per heavy atom. The number of carbonyl (C=O) groups is 3. The summed E-state index contributed by atoms with van der Waals surface area (Å²) in [6.07, 6.45) is 4.62. The van der Waals surface area contributed by atoms with Crippen molar-refractivity contribution in [1.29, 1.82) is 0 Å². The Hall–Kier alpha value is -4.07. The molecular formula is C36H47ClN8O5. The monoisotopic (exact) mass is 706 g/mol. The largest absolute Gasteiger partial charge is 0.497 e. The molecular weight excluding hydrogens is 660 g/mol. The number of hydrogen-bond acceptors (Lipinski definition) is 8. The zero-order valence-corrected chi connectivity index (χ0v) is 29.7. The fourth-order valence-corrected chi connectivity index (χ4v) is 8.21. The summed E-state index contributed by atoms with van der Waals surface area (Å²) in [5.41, 5.74) is 3.36. The zero-order valence-electron chi connectivity index (χ0n) is 28.9. The summed E-state index contributed by atoms with van der Waals surface area (Å²) in [7, 11) is 3.80. The van der Waals surface area contributed by atoms with Crippen molar-refractivity contribution in [3.05, 3.63) is 52.7 Å². The standard InChI is InChI=1S/C36H47ClN8O5/c1-41-10-6-27(7-11-41)42-15-17-43(18-16-42)34(46)32(21-24-19-26-23-38-40-33(26)30(37)20-24)50-36(48)44-12-8-28(9-13-44)45-14-5-25-22-29(49-2)3-4-31(25)39-35(45)47/h3-4,19-20,22-23,27-28,32H,5-18,21H2,1-2H3,(H,38,40)(H,39,47)/t32-/m1/s1. The SMILES string of the molecule is COc1ccc2c(c1)CCN(C1CCN(C(=O)O[C@H](Cc3cc(Cl)c4[nH]ncc4c3)C(=O)N3CCN(C4CCN(C)CC4)CC3)CC1)C(=O)N2. The molecule has 2 aromatic carbocycles. The maximum Gasteiger partial charge on any atom is 0.410 e. The molecule has 0 bridgehead atoms. The van der Waals surface area contributed by atoms with Gasteiger partial charge in [0, 0.05) is 75.4 Å². The molecule has 0 aliphatic carbocycles. The third-order valence-corrected chi connectivity index (χ3v) is 11.2. The number of urea groups is 1. The van der Waals surface area contributed by atoms with Crippen LogP contribution in [-0.2, 0) is 22.4 Å². The van der Waals surface area contributed by atoms with Crippen LogP contribution in [0.4, 0.5) is 15.3 Å². The van der Waals surface area contributed by atoms with E-state index in [4.69, 9.17) is 21.1 Å². The first-order chi connectivity index (χ1) is 24.2. The molecule has 14 heteroatoms. The number of ether oxygens (including phenoxy) is 2. The first kappa shape index (κ1) is 34.4. The Bertz CT molecular complexity index is 1690. The molecule has 1 aromatic heterocycles. The number of nitrogens with zero attached hydrogens (tertiary/aromatic N) is 6. The van der Waals surface area contributed by atoms with E-state index in [9.17, 15) is 14.4 Å². The zero-order chi connectivity index (χ0) is 34.8. The van der Waals surface area contributed by atoms with Crippen molar-refractivity contribution in [1.82, 2.24) is 34.7 Å². The predicted octanol–water partition coefficient (Wildman–Crippen LogP) is 4.07. The van der Waals surface area contributed by atoms with Crippen LogP contribution < -0.4 is 10.1 Å². The van der Waals surface area contributed by atoms with E-state index in [0.717, 1.165) is 72.5 Å². The van der Waals surface area contributed by atoms with Gasteiger partial charge in [0.1, 0.15) is 5.75 Å². The third kappa shape index (κ3) is 7.50. The maximum atomic E-state index is 14.1. The molecule has 4 aliphatic heterocycles. The number of aromatic nitrogens is 2. The van der Waals surface area contributed by atoms with E-state index in [1.807, 2.05) is 34.1 Å². The number of aromatic amines is 1. The number of piperazine rings is 1. The minimum absolute atomic E-state index is 0.0163. The van der Waals surface area contributed by atoms with E-state index in [0.29, 0.717) is 63.1 Å². The van der Waals surface area contributed by atoms with Crippen molar-refractivity contribution in [3.8, 4) is 5.75 Å². The maximum absolute atomic E-state index is 14.1. The highest BCUT2D eigenvalue weighted by Gasteiger charge is 2.36. The number of anilines is 1. The molecule has 3 saturated heterocycles. The summed E-state index contributed by atoms with van der Waals surface area (Å²) in [6, 6.07) is 9.82. The van der Waals surface area contributed by atoms with Crippen molar-refractivity contribution in [2.45, 2.75) is 56.7 Å². The minimum atomic E-state index is -0.998. The summed E-state index contributed by atoms with van der Waals surface area (Å²) in [5.74, 6) is 0.576. The summed E-state index contributed by atoms with van der Waals surface area (Å²) in [5, 5.41) is 11.4. The number of rotatable bonds is 7. The van der Waals surface area contributed by atoms with Gasteiger partial charge < -0.3 is 34.4 Å². The van der Waals surface area contributed by atoms with Crippen LogP contribution in [-0.4, -0.2) is 144 Å². The van der Waals surface area contributed by atoms with E-state index >= 15 is 0 Å². The number of fused-ring (bicyclic) bond motifs is 2. The van der Waals surface area contributed by atoms with E-state index in [2.05, 4.69) is 32.4 Å². The highest BCUT2D eigenvalue weighted by atomic mass is 35.5. The van der Waals surface area contributed by atoms with E-state index < -0.39 is 12.2 Å². The van der Waals surface area contributed by atoms with Gasteiger partial charge in [0.2, 0.25) is 0 Å². The first-order valence-corrected chi connectivity index (χ1v) is 18.2. The van der Waals surface area contributed by atoms with E-state index in [1.165, 1.54) is 0 Å². The predicted molar refractivity (Wildman–Crippen MR) is 191 cm³/mol. The molecule has 1 atom stereocenters. The molecule has 7 rings (SSSR count). The van der Waals surface area contributed by atoms with Gasteiger partial charge in [-0.25, -0.2) is 9.59 Å². The Morgan fingerprint density at radius 2 is 1.68 bits per heavy atom. The Balaban J connectivity index is 0.991. The lowest BCUT2D eigenvalue weighted by molar-refractivity contribution is -0.143. The number of amides is 4. The fourth-order valence-electron chi connectivity index (χ4n) is 7.92. The Kier molecular flexibility index (Phi) is 10.3. The van der Waals surface area contributed by atoms with Crippen LogP contribution in [0.1, 0.15) is 36.8 Å². The topological polar surface area (TPSA) is 127 Å². The second-order valence-corrected chi connectivity index (χ2v) is 14.4. The quantitative estimate of drug-likeness (QED) is 0.377. The van der Waals surface area contributed by atoms with Crippen molar-refractivity contribution in [2.75, 3.05) is 78.4 Å². The highest BCUT2D eigenvalue weighted by molar-refractivity contribution is 6.35. The van der Waals surface area contributed by atoms with E-state index in [-0.39, 0.29) is 24.4 Å². The van der Waals surface area contributed by atoms with Crippen molar-refractivity contribution in [3.63, 3.8) is 0 Å². The molecule has 50 heavy (non-hydrogen) atoms. The molecule has 0 saturated carbocycles. The molecule has 268 valence electrons. The second kappa shape index (κ2) is 15.0. The summed E-state index contributed by atoms with van der Waals surface area (Å²) < 4.78 is 11.5. The lowest BCUT2D eigenvalue weighted by atomic mass is 10.0. The van der Waals surface area contributed by atoms with Crippen molar-refractivity contribution in [2.24, 2.45) is 0 Å². The number of methoxy groups -OCH3 is 1. The van der Waals surface area contributed by atoms with Crippen LogP contribution in [0.5, 0.6) is 5.75 Å².